The van der Waals surface area contributed by atoms with E-state index in [4.69, 9.17) is 14.6 Å². The molecule has 0 spiro atoms. The van der Waals surface area contributed by atoms with Gasteiger partial charge in [0.25, 0.3) is 5.91 Å². The van der Waals surface area contributed by atoms with Crippen molar-refractivity contribution in [3.05, 3.63) is 54.6 Å². The van der Waals surface area contributed by atoms with Gasteiger partial charge in [-0.2, -0.15) is 0 Å². The third-order valence-corrected chi connectivity index (χ3v) is 4.34. The van der Waals surface area contributed by atoms with Crippen LogP contribution in [0.1, 0.15) is 12.8 Å². The molecular weight excluding hydrogens is 318 g/mol. The minimum Gasteiger partial charge on any atom is -0.484 e. The van der Waals surface area contributed by atoms with Crippen molar-refractivity contribution < 1.29 is 19.4 Å². The van der Waals surface area contributed by atoms with Crippen LogP contribution in [0.3, 0.4) is 0 Å². The average molecular weight is 341 g/mol. The minimum atomic E-state index is -0.00921. The zero-order chi connectivity index (χ0) is 17.5. The molecule has 1 N–H and O–H groups in total. The van der Waals surface area contributed by atoms with Crippen LogP contribution in [-0.2, 0) is 4.79 Å². The van der Waals surface area contributed by atoms with E-state index in [1.807, 2.05) is 47.4 Å². The molecule has 5 nitrogen and oxygen atoms in total. The summed E-state index contributed by atoms with van der Waals surface area (Å²) in [6.45, 7) is 1.68. The van der Waals surface area contributed by atoms with Crippen LogP contribution in [-0.4, -0.2) is 42.2 Å². The maximum absolute atomic E-state index is 12.2. The molecule has 5 heteroatoms. The lowest BCUT2D eigenvalue weighted by atomic mass is 10.1. The molecule has 0 aromatic heterocycles. The Kier molecular flexibility index (Phi) is 5.90. The maximum atomic E-state index is 12.2. The summed E-state index contributed by atoms with van der Waals surface area (Å²) in [5.74, 6) is 2.53. The second kappa shape index (κ2) is 8.53. The van der Waals surface area contributed by atoms with Gasteiger partial charge in [-0.3, -0.25) is 4.79 Å². The Labute approximate surface area is 147 Å². The zero-order valence-corrected chi connectivity index (χ0v) is 14.1. The number of ether oxygens (including phenoxy) is 2. The topological polar surface area (TPSA) is 59.0 Å². The highest BCUT2D eigenvalue weighted by Crippen LogP contribution is 2.24. The number of benzene rings is 2. The Bertz CT molecular complexity index is 672. The van der Waals surface area contributed by atoms with Crippen molar-refractivity contribution in [1.29, 1.82) is 0 Å². The van der Waals surface area contributed by atoms with Gasteiger partial charge in [0.1, 0.15) is 17.2 Å². The van der Waals surface area contributed by atoms with Crippen LogP contribution >= 0.6 is 0 Å². The van der Waals surface area contributed by atoms with Crippen molar-refractivity contribution in [2.24, 2.45) is 5.92 Å². The van der Waals surface area contributed by atoms with Crippen molar-refractivity contribution in [2.45, 2.75) is 12.8 Å². The molecule has 1 heterocycles. The molecule has 2 aromatic carbocycles. The second-order valence-corrected chi connectivity index (χ2v) is 6.18. The molecule has 132 valence electrons. The van der Waals surface area contributed by atoms with Crippen LogP contribution in [0.5, 0.6) is 17.2 Å². The van der Waals surface area contributed by atoms with Gasteiger partial charge in [-0.1, -0.05) is 18.2 Å². The van der Waals surface area contributed by atoms with Crippen LogP contribution in [0, 0.1) is 5.92 Å². The van der Waals surface area contributed by atoms with Gasteiger partial charge in [-0.25, -0.2) is 0 Å². The normalized spacial score (nSPS) is 16.7. The predicted molar refractivity (Wildman–Crippen MR) is 94.8 cm³/mol. The molecule has 25 heavy (non-hydrogen) atoms. The molecule has 1 fully saturated rings. The quantitative estimate of drug-likeness (QED) is 0.841. The maximum Gasteiger partial charge on any atom is 0.260 e. The highest BCUT2D eigenvalue weighted by molar-refractivity contribution is 5.78. The van der Waals surface area contributed by atoms with Crippen LogP contribution < -0.4 is 9.47 Å². The summed E-state index contributed by atoms with van der Waals surface area (Å²) in [5.41, 5.74) is 0. The summed E-state index contributed by atoms with van der Waals surface area (Å²) in [5, 5.41) is 8.98. The smallest absolute Gasteiger partial charge is 0.260 e. The number of para-hydroxylation sites is 1. The second-order valence-electron chi connectivity index (χ2n) is 6.18. The Morgan fingerprint density at radius 2 is 1.72 bits per heavy atom. The van der Waals surface area contributed by atoms with Crippen LogP contribution in [0.15, 0.2) is 54.6 Å². The number of carbonyl (C=O) groups excluding carboxylic acids is 1. The fourth-order valence-electron chi connectivity index (χ4n) is 2.94. The first-order valence-electron chi connectivity index (χ1n) is 8.59. The lowest BCUT2D eigenvalue weighted by molar-refractivity contribution is -0.132. The largest absolute Gasteiger partial charge is 0.484 e. The summed E-state index contributed by atoms with van der Waals surface area (Å²) in [7, 11) is 0. The first kappa shape index (κ1) is 17.3. The molecule has 1 saturated heterocycles. The molecule has 0 bridgehead atoms. The van der Waals surface area contributed by atoms with Crippen LogP contribution in [0.25, 0.3) is 0 Å². The molecule has 1 amide bonds. The van der Waals surface area contributed by atoms with Gasteiger partial charge in [0, 0.05) is 19.7 Å². The van der Waals surface area contributed by atoms with Gasteiger partial charge in [0.2, 0.25) is 0 Å². The summed E-state index contributed by atoms with van der Waals surface area (Å²) in [6.07, 6.45) is 1.71. The molecule has 1 aliphatic rings. The fourth-order valence-corrected chi connectivity index (χ4v) is 2.94. The number of likely N-dealkylation sites (tertiary alicyclic amines) is 1. The summed E-state index contributed by atoms with van der Waals surface area (Å²) in [4.78, 5) is 14.0. The Hall–Kier alpha value is -2.53. The molecule has 0 saturated carbocycles. The number of carbonyl (C=O) groups is 1. The lowest BCUT2D eigenvalue weighted by Crippen LogP contribution is -2.33. The number of hydrogen-bond acceptors (Lipinski definition) is 4. The van der Waals surface area contributed by atoms with Gasteiger partial charge < -0.3 is 19.5 Å². The monoisotopic (exact) mass is 341 g/mol. The number of aliphatic hydroxyl groups excluding tert-OH is 1. The minimum absolute atomic E-state index is 0.00921. The van der Waals surface area contributed by atoms with Gasteiger partial charge >= 0.3 is 0 Å². The third-order valence-electron chi connectivity index (χ3n) is 4.34. The Balaban J connectivity index is 1.46. The van der Waals surface area contributed by atoms with E-state index in [0.717, 1.165) is 30.9 Å². The zero-order valence-electron chi connectivity index (χ0n) is 14.1. The van der Waals surface area contributed by atoms with Gasteiger partial charge in [0.05, 0.1) is 0 Å². The standard InChI is InChI=1S/C20H23NO4/c22-13-11-16-10-12-21(14-16)20(23)15-24-17-6-8-19(9-7-17)25-18-4-2-1-3-5-18/h1-9,16,22H,10-15H2/t16-/m1/s1. The molecule has 0 aliphatic carbocycles. The van der Waals surface area contributed by atoms with Crippen molar-refractivity contribution in [1.82, 2.24) is 4.90 Å². The lowest BCUT2D eigenvalue weighted by Gasteiger charge is -2.17. The van der Waals surface area contributed by atoms with Crippen LogP contribution in [0.4, 0.5) is 0 Å². The highest BCUT2D eigenvalue weighted by Gasteiger charge is 2.25. The van der Waals surface area contributed by atoms with E-state index in [9.17, 15) is 4.79 Å². The summed E-state index contributed by atoms with van der Waals surface area (Å²) < 4.78 is 11.3. The number of amides is 1. The molecular formula is C20H23NO4. The molecule has 1 aliphatic heterocycles. The number of hydrogen-bond donors (Lipinski definition) is 1. The Morgan fingerprint density at radius 1 is 1.04 bits per heavy atom. The van der Waals surface area contributed by atoms with E-state index in [-0.39, 0.29) is 19.1 Å². The molecule has 2 aromatic rings. The molecule has 0 unspecified atom stereocenters. The number of rotatable bonds is 7. The number of nitrogens with zero attached hydrogens (tertiary/aromatic N) is 1. The third kappa shape index (κ3) is 4.97. The van der Waals surface area contributed by atoms with Crippen molar-refractivity contribution in [3.63, 3.8) is 0 Å². The first-order chi connectivity index (χ1) is 12.2. The Morgan fingerprint density at radius 3 is 2.44 bits per heavy atom. The van der Waals surface area contributed by atoms with E-state index in [2.05, 4.69) is 0 Å². The van der Waals surface area contributed by atoms with Gasteiger partial charge in [0.15, 0.2) is 6.61 Å². The summed E-state index contributed by atoms with van der Waals surface area (Å²) >= 11 is 0. The van der Waals surface area contributed by atoms with Gasteiger partial charge in [-0.05, 0) is 55.2 Å². The van der Waals surface area contributed by atoms with E-state index in [1.165, 1.54) is 0 Å². The van der Waals surface area contributed by atoms with E-state index in [1.54, 1.807) is 12.1 Å². The van der Waals surface area contributed by atoms with Crippen molar-refractivity contribution in [3.8, 4) is 17.2 Å². The van der Waals surface area contributed by atoms with Crippen molar-refractivity contribution in [2.75, 3.05) is 26.3 Å². The fraction of sp³-hybridized carbons (Fsp3) is 0.350. The average Bonchev–Trinajstić information content (AvgIpc) is 3.11. The van der Waals surface area contributed by atoms with Gasteiger partial charge in [-0.15, -0.1) is 0 Å². The first-order valence-corrected chi connectivity index (χ1v) is 8.59. The van der Waals surface area contributed by atoms with E-state index in [0.29, 0.717) is 18.2 Å². The van der Waals surface area contributed by atoms with E-state index >= 15 is 0 Å². The summed E-state index contributed by atoms with van der Waals surface area (Å²) in [6, 6.07) is 16.8. The van der Waals surface area contributed by atoms with Crippen LogP contribution in [0.2, 0.25) is 0 Å². The highest BCUT2D eigenvalue weighted by atomic mass is 16.5. The molecule has 3 rings (SSSR count). The van der Waals surface area contributed by atoms with Crippen molar-refractivity contribution >= 4 is 5.91 Å². The molecule has 1 atom stereocenters. The number of aliphatic hydroxyl groups is 1. The SMILES string of the molecule is O=C(COc1ccc(Oc2ccccc2)cc1)N1CC[C@H](CCO)C1. The predicted octanol–water partition coefficient (Wildman–Crippen LogP) is 3.09. The van der Waals surface area contributed by atoms with E-state index < -0.39 is 0 Å². The molecule has 0 radical (unpaired) electrons.